The van der Waals surface area contributed by atoms with Crippen molar-refractivity contribution in [3.8, 4) is 78.4 Å². The van der Waals surface area contributed by atoms with E-state index in [0.717, 1.165) is 116 Å². The van der Waals surface area contributed by atoms with E-state index in [1.165, 1.54) is 0 Å². The summed E-state index contributed by atoms with van der Waals surface area (Å²) in [5, 5.41) is 4.21. The van der Waals surface area contributed by atoms with Crippen LogP contribution in [0, 0.1) is 0 Å². The molecule has 12 rings (SSSR count). The standard InChI is InChI=1S/C58H36N2O2/c1-4-17-37(18-5-1)40-23-14-24-41(35-40)55-49(34-33-42(38-19-6-2-7-20-38)54(55)39-21-8-3-9-22-39)58-59-50(47-29-15-27-45-43-25-10-12-31-52(43)61-56(45)47)36-51(60-58)48-30-16-28-46-44-26-11-13-32-53(44)62-57(46)48/h1-36H. The van der Waals surface area contributed by atoms with Crippen molar-refractivity contribution in [2.24, 2.45) is 0 Å². The molecule has 3 aromatic heterocycles. The van der Waals surface area contributed by atoms with Crippen LogP contribution in [0.1, 0.15) is 0 Å². The van der Waals surface area contributed by atoms with Gasteiger partial charge in [-0.2, -0.15) is 0 Å². The Morgan fingerprint density at radius 1 is 0.274 bits per heavy atom. The molecule has 290 valence electrons. The van der Waals surface area contributed by atoms with Gasteiger partial charge in [0.05, 0.1) is 11.4 Å². The van der Waals surface area contributed by atoms with Crippen LogP contribution in [0.15, 0.2) is 227 Å². The van der Waals surface area contributed by atoms with Crippen LogP contribution in [-0.4, -0.2) is 9.97 Å². The van der Waals surface area contributed by atoms with E-state index >= 15 is 0 Å². The van der Waals surface area contributed by atoms with Crippen LogP contribution in [0.4, 0.5) is 0 Å². The summed E-state index contributed by atoms with van der Waals surface area (Å²) in [6, 6.07) is 76.2. The number of fused-ring (bicyclic) bond motifs is 6. The predicted molar refractivity (Wildman–Crippen MR) is 255 cm³/mol. The Labute approximate surface area is 358 Å². The lowest BCUT2D eigenvalue weighted by Gasteiger charge is -2.21. The van der Waals surface area contributed by atoms with Gasteiger partial charge in [-0.15, -0.1) is 0 Å². The van der Waals surface area contributed by atoms with Gasteiger partial charge in [0.1, 0.15) is 22.3 Å². The van der Waals surface area contributed by atoms with Crippen molar-refractivity contribution < 1.29 is 8.83 Å². The lowest BCUT2D eigenvalue weighted by atomic mass is 9.83. The van der Waals surface area contributed by atoms with E-state index < -0.39 is 0 Å². The number of benzene rings is 9. The monoisotopic (exact) mass is 792 g/mol. The zero-order valence-corrected chi connectivity index (χ0v) is 33.5. The molecule has 0 N–H and O–H groups in total. The molecule has 4 heteroatoms. The Hall–Kier alpha value is -8.34. The number of nitrogens with zero attached hydrogens (tertiary/aromatic N) is 2. The molecule has 9 aromatic carbocycles. The molecule has 0 saturated heterocycles. The molecule has 0 bridgehead atoms. The van der Waals surface area contributed by atoms with E-state index in [1.807, 2.05) is 24.3 Å². The summed E-state index contributed by atoms with van der Waals surface area (Å²) in [5.41, 5.74) is 16.3. The van der Waals surface area contributed by atoms with Gasteiger partial charge in [-0.3, -0.25) is 0 Å². The molecule has 0 unspecified atom stereocenters. The summed E-state index contributed by atoms with van der Waals surface area (Å²) in [4.78, 5) is 11.1. The van der Waals surface area contributed by atoms with Gasteiger partial charge in [0, 0.05) is 43.8 Å². The Kier molecular flexibility index (Phi) is 8.46. The van der Waals surface area contributed by atoms with Crippen LogP contribution in [0.2, 0.25) is 0 Å². The summed E-state index contributed by atoms with van der Waals surface area (Å²) in [7, 11) is 0. The van der Waals surface area contributed by atoms with Gasteiger partial charge < -0.3 is 8.83 Å². The maximum Gasteiger partial charge on any atom is 0.161 e. The maximum absolute atomic E-state index is 6.65. The van der Waals surface area contributed by atoms with Crippen LogP contribution in [0.25, 0.3) is 122 Å². The molecule has 62 heavy (non-hydrogen) atoms. The molecule has 0 atom stereocenters. The average Bonchev–Trinajstić information content (AvgIpc) is 3.93. The third-order valence-corrected chi connectivity index (χ3v) is 11.9. The third kappa shape index (κ3) is 6.00. The molecule has 0 aliphatic rings. The second-order valence-electron chi connectivity index (χ2n) is 15.6. The van der Waals surface area contributed by atoms with E-state index in [2.05, 4.69) is 194 Å². The Bertz CT molecular complexity index is 3490. The molecule has 0 fully saturated rings. The van der Waals surface area contributed by atoms with E-state index in [-0.39, 0.29) is 0 Å². The molecule has 0 aliphatic carbocycles. The summed E-state index contributed by atoms with van der Waals surface area (Å²) < 4.78 is 13.3. The highest BCUT2D eigenvalue weighted by atomic mass is 16.3. The fourth-order valence-electron chi connectivity index (χ4n) is 9.08. The van der Waals surface area contributed by atoms with Crippen LogP contribution in [-0.2, 0) is 0 Å². The summed E-state index contributed by atoms with van der Waals surface area (Å²) >= 11 is 0. The molecule has 0 amide bonds. The number of hydrogen-bond donors (Lipinski definition) is 0. The fraction of sp³-hybridized carbons (Fsp3) is 0. The normalized spacial score (nSPS) is 11.5. The quantitative estimate of drug-likeness (QED) is 0.161. The highest BCUT2D eigenvalue weighted by molar-refractivity contribution is 6.11. The van der Waals surface area contributed by atoms with Gasteiger partial charge in [-0.05, 0) is 81.4 Å². The largest absolute Gasteiger partial charge is 0.455 e. The smallest absolute Gasteiger partial charge is 0.161 e. The van der Waals surface area contributed by atoms with Crippen molar-refractivity contribution in [2.45, 2.75) is 0 Å². The highest BCUT2D eigenvalue weighted by Gasteiger charge is 2.24. The SMILES string of the molecule is c1ccc(-c2cccc(-c3c(-c4nc(-c5cccc6c5oc5ccccc56)cc(-c5cccc6c5oc5ccccc56)n4)ccc(-c4ccccc4)c3-c3ccccc3)c2)cc1. The minimum Gasteiger partial charge on any atom is -0.455 e. The van der Waals surface area contributed by atoms with Gasteiger partial charge in [0.2, 0.25) is 0 Å². The summed E-state index contributed by atoms with van der Waals surface area (Å²) in [6.07, 6.45) is 0. The molecule has 4 nitrogen and oxygen atoms in total. The molecule has 0 radical (unpaired) electrons. The van der Waals surface area contributed by atoms with E-state index in [0.29, 0.717) is 5.82 Å². The van der Waals surface area contributed by atoms with Crippen molar-refractivity contribution in [1.29, 1.82) is 0 Å². The zero-order valence-electron chi connectivity index (χ0n) is 33.5. The van der Waals surface area contributed by atoms with Crippen LogP contribution in [0.3, 0.4) is 0 Å². The van der Waals surface area contributed by atoms with E-state index in [4.69, 9.17) is 18.8 Å². The predicted octanol–water partition coefficient (Wildman–Crippen LogP) is 15.9. The van der Waals surface area contributed by atoms with Crippen LogP contribution >= 0.6 is 0 Å². The zero-order chi connectivity index (χ0) is 41.0. The lowest BCUT2D eigenvalue weighted by Crippen LogP contribution is -2.00. The molecule has 0 spiro atoms. The number of aromatic nitrogens is 2. The molecular formula is C58H36N2O2. The first-order valence-electron chi connectivity index (χ1n) is 20.9. The molecule has 12 aromatic rings. The lowest BCUT2D eigenvalue weighted by molar-refractivity contribution is 0.669. The van der Waals surface area contributed by atoms with Gasteiger partial charge in [0.15, 0.2) is 5.82 Å². The first-order chi connectivity index (χ1) is 30.7. The van der Waals surface area contributed by atoms with Gasteiger partial charge >= 0.3 is 0 Å². The van der Waals surface area contributed by atoms with Crippen molar-refractivity contribution >= 4 is 43.9 Å². The average molecular weight is 793 g/mol. The molecular weight excluding hydrogens is 757 g/mol. The van der Waals surface area contributed by atoms with Crippen LogP contribution in [0.5, 0.6) is 0 Å². The maximum atomic E-state index is 6.65. The third-order valence-electron chi connectivity index (χ3n) is 11.9. The van der Waals surface area contributed by atoms with Crippen molar-refractivity contribution in [3.63, 3.8) is 0 Å². The summed E-state index contributed by atoms with van der Waals surface area (Å²) in [5.74, 6) is 0.593. The van der Waals surface area contributed by atoms with Crippen molar-refractivity contribution in [2.75, 3.05) is 0 Å². The van der Waals surface area contributed by atoms with Crippen molar-refractivity contribution in [3.05, 3.63) is 218 Å². The molecule has 0 saturated carbocycles. The second kappa shape index (κ2) is 14.7. The minimum absolute atomic E-state index is 0.593. The number of hydrogen-bond acceptors (Lipinski definition) is 4. The Balaban J connectivity index is 1.19. The fourth-order valence-corrected chi connectivity index (χ4v) is 9.08. The van der Waals surface area contributed by atoms with Gasteiger partial charge in [0.25, 0.3) is 0 Å². The first-order valence-corrected chi connectivity index (χ1v) is 20.9. The number of rotatable bonds is 7. The first kappa shape index (κ1) is 35.6. The number of para-hydroxylation sites is 4. The Morgan fingerprint density at radius 3 is 1.31 bits per heavy atom. The molecule has 0 aliphatic heterocycles. The topological polar surface area (TPSA) is 52.1 Å². The van der Waals surface area contributed by atoms with E-state index in [1.54, 1.807) is 0 Å². The van der Waals surface area contributed by atoms with Gasteiger partial charge in [-0.1, -0.05) is 176 Å². The summed E-state index contributed by atoms with van der Waals surface area (Å²) in [6.45, 7) is 0. The minimum atomic E-state index is 0.593. The van der Waals surface area contributed by atoms with Crippen LogP contribution < -0.4 is 0 Å². The molecule has 3 heterocycles. The number of furan rings is 2. The Morgan fingerprint density at radius 2 is 0.710 bits per heavy atom. The second-order valence-corrected chi connectivity index (χ2v) is 15.6. The van der Waals surface area contributed by atoms with E-state index in [9.17, 15) is 0 Å². The van der Waals surface area contributed by atoms with Crippen molar-refractivity contribution in [1.82, 2.24) is 9.97 Å². The van der Waals surface area contributed by atoms with Gasteiger partial charge in [-0.25, -0.2) is 9.97 Å². The highest BCUT2D eigenvalue weighted by Crippen LogP contribution is 2.47.